The van der Waals surface area contributed by atoms with E-state index in [4.69, 9.17) is 0 Å². The minimum atomic E-state index is -3.32. The van der Waals surface area contributed by atoms with Crippen molar-refractivity contribution in [1.29, 1.82) is 0 Å². The Morgan fingerprint density at radius 1 is 1.22 bits per heavy atom. The van der Waals surface area contributed by atoms with Crippen molar-refractivity contribution in [3.05, 3.63) is 32.2 Å². The van der Waals surface area contributed by atoms with Gasteiger partial charge >= 0.3 is 0 Å². The maximum atomic E-state index is 12.9. The lowest BCUT2D eigenvalue weighted by Crippen LogP contribution is -2.39. The predicted molar refractivity (Wildman–Crippen MR) is 124 cm³/mol. The Labute approximate surface area is 194 Å². The zero-order valence-electron chi connectivity index (χ0n) is 18.0. The van der Waals surface area contributed by atoms with Crippen molar-refractivity contribution in [3.63, 3.8) is 0 Å². The number of carbonyl (C=O) groups excluding carboxylic acids is 1. The Morgan fingerprint density at radius 2 is 2.03 bits per heavy atom. The van der Waals surface area contributed by atoms with E-state index in [1.807, 2.05) is 0 Å². The summed E-state index contributed by atoms with van der Waals surface area (Å²) in [6.07, 6.45) is 3.29. The van der Waals surface area contributed by atoms with E-state index in [0.29, 0.717) is 35.6 Å². The van der Waals surface area contributed by atoms with Gasteiger partial charge in [0.1, 0.15) is 0 Å². The molecule has 0 aromatic carbocycles. The Morgan fingerprint density at radius 3 is 2.81 bits per heavy atom. The third-order valence-corrected chi connectivity index (χ3v) is 10.5. The molecule has 4 heterocycles. The normalized spacial score (nSPS) is 20.3. The molecule has 172 valence electrons. The fourth-order valence-corrected chi connectivity index (χ4v) is 7.95. The molecule has 1 unspecified atom stereocenters. The van der Waals surface area contributed by atoms with E-state index in [1.54, 1.807) is 18.4 Å². The first-order valence-electron chi connectivity index (χ1n) is 10.8. The van der Waals surface area contributed by atoms with Gasteiger partial charge in [-0.05, 0) is 33.1 Å². The quantitative estimate of drug-likeness (QED) is 0.631. The van der Waals surface area contributed by atoms with Crippen LogP contribution in [0.4, 0.5) is 5.13 Å². The lowest BCUT2D eigenvalue weighted by molar-refractivity contribution is -0.116. The summed E-state index contributed by atoms with van der Waals surface area (Å²) in [4.78, 5) is 35.7. The first-order valence-corrected chi connectivity index (χ1v) is 14.1. The molecule has 1 N–H and O–H groups in total. The van der Waals surface area contributed by atoms with Gasteiger partial charge in [0.15, 0.2) is 10.3 Å². The number of nitrogens with one attached hydrogen (secondary N) is 1. The van der Waals surface area contributed by atoms with Crippen LogP contribution in [0.5, 0.6) is 0 Å². The number of hydrogen-bond donors (Lipinski definition) is 1. The van der Waals surface area contributed by atoms with Crippen molar-refractivity contribution in [3.8, 4) is 0 Å². The number of aromatic nitrogens is 3. The van der Waals surface area contributed by atoms with E-state index >= 15 is 0 Å². The van der Waals surface area contributed by atoms with Crippen LogP contribution >= 0.6 is 23.1 Å². The number of anilines is 1. The maximum absolute atomic E-state index is 12.9. The molecule has 3 aliphatic rings. The van der Waals surface area contributed by atoms with Gasteiger partial charge in [-0.1, -0.05) is 11.8 Å². The van der Waals surface area contributed by atoms with Crippen molar-refractivity contribution in [2.75, 3.05) is 17.6 Å². The van der Waals surface area contributed by atoms with Gasteiger partial charge in [-0.15, -0.1) is 11.3 Å². The minimum Gasteiger partial charge on any atom is -0.302 e. The number of sulfonamides is 1. The molecule has 1 atom stereocenters. The van der Waals surface area contributed by atoms with Gasteiger partial charge in [0.2, 0.25) is 15.9 Å². The zero-order valence-corrected chi connectivity index (χ0v) is 20.4. The summed E-state index contributed by atoms with van der Waals surface area (Å²) in [5.74, 6) is 0.447. The summed E-state index contributed by atoms with van der Waals surface area (Å²) < 4.78 is 28.1. The van der Waals surface area contributed by atoms with Crippen LogP contribution in [0.15, 0.2) is 9.95 Å². The summed E-state index contributed by atoms with van der Waals surface area (Å²) in [5.41, 5.74) is 2.57. The highest BCUT2D eigenvalue weighted by atomic mass is 32.2. The number of rotatable bonds is 5. The smallest absolute Gasteiger partial charge is 0.257 e. The number of thiazole rings is 1. The van der Waals surface area contributed by atoms with Crippen LogP contribution in [-0.2, 0) is 40.6 Å². The molecular formula is C20H25N5O4S3. The number of thioether (sulfide) groups is 1. The molecule has 0 radical (unpaired) electrons. The van der Waals surface area contributed by atoms with Crippen molar-refractivity contribution in [2.24, 2.45) is 0 Å². The number of amides is 1. The van der Waals surface area contributed by atoms with Crippen LogP contribution in [-0.4, -0.2) is 50.7 Å². The second-order valence-electron chi connectivity index (χ2n) is 8.63. The molecule has 0 saturated carbocycles. The molecule has 2 aromatic heterocycles. The lowest BCUT2D eigenvalue weighted by atomic mass is 10.2. The summed E-state index contributed by atoms with van der Waals surface area (Å²) in [7, 11) is -3.32. The van der Waals surface area contributed by atoms with Gasteiger partial charge in [0.25, 0.3) is 5.56 Å². The molecule has 0 fully saturated rings. The van der Waals surface area contributed by atoms with E-state index < -0.39 is 15.3 Å². The van der Waals surface area contributed by atoms with E-state index in [2.05, 4.69) is 15.3 Å². The molecule has 5 rings (SSSR count). The largest absolute Gasteiger partial charge is 0.302 e. The van der Waals surface area contributed by atoms with Crippen LogP contribution in [0.3, 0.4) is 0 Å². The fourth-order valence-electron chi connectivity index (χ4n) is 4.43. The highest BCUT2D eigenvalue weighted by Crippen LogP contribution is 2.35. The molecule has 1 aliphatic carbocycles. The third-order valence-electron chi connectivity index (χ3n) is 6.19. The standard InChI is InChI=1S/C20H25N5O4S3/c1-11(2)32(28,29)24-7-6-15-16(9-24)31-19(21-15)23-17(26)8-12-10-30-20-22-14-5-3-4-13(14)18(27)25(12)20/h11-12H,3-10H2,1-2H3,(H,21,23,26). The monoisotopic (exact) mass is 495 g/mol. The summed E-state index contributed by atoms with van der Waals surface area (Å²) in [6.45, 7) is 4.05. The topological polar surface area (TPSA) is 114 Å². The molecule has 9 nitrogen and oxygen atoms in total. The van der Waals surface area contributed by atoms with Crippen LogP contribution in [0, 0.1) is 0 Å². The van der Waals surface area contributed by atoms with Crippen LogP contribution < -0.4 is 10.9 Å². The lowest BCUT2D eigenvalue weighted by Gasteiger charge is -2.26. The second-order valence-corrected chi connectivity index (χ2v) is 13.2. The Kier molecular flexibility index (Phi) is 5.67. The minimum absolute atomic E-state index is 0.00136. The number of nitrogens with zero attached hydrogens (tertiary/aromatic N) is 4. The Balaban J connectivity index is 1.28. The van der Waals surface area contributed by atoms with Crippen molar-refractivity contribution in [2.45, 2.75) is 68.9 Å². The van der Waals surface area contributed by atoms with Crippen molar-refractivity contribution < 1.29 is 13.2 Å². The second kappa shape index (κ2) is 8.23. The van der Waals surface area contributed by atoms with E-state index in [9.17, 15) is 18.0 Å². The molecule has 12 heteroatoms. The van der Waals surface area contributed by atoms with Crippen LogP contribution in [0.1, 0.15) is 54.6 Å². The van der Waals surface area contributed by atoms with Gasteiger partial charge in [0.05, 0.1) is 22.7 Å². The molecule has 2 aliphatic heterocycles. The molecule has 1 amide bonds. The molecular weight excluding hydrogens is 470 g/mol. The van der Waals surface area contributed by atoms with Gasteiger partial charge in [-0.25, -0.2) is 18.4 Å². The van der Waals surface area contributed by atoms with Crippen molar-refractivity contribution >= 4 is 44.2 Å². The summed E-state index contributed by atoms with van der Waals surface area (Å²) in [6, 6.07) is -0.220. The number of carbonyl (C=O) groups is 1. The highest BCUT2D eigenvalue weighted by molar-refractivity contribution is 7.99. The van der Waals surface area contributed by atoms with Gasteiger partial charge < -0.3 is 5.32 Å². The number of hydrogen-bond acceptors (Lipinski definition) is 8. The summed E-state index contributed by atoms with van der Waals surface area (Å²) in [5, 5.41) is 3.58. The van der Waals surface area contributed by atoms with E-state index in [0.717, 1.165) is 41.1 Å². The zero-order chi connectivity index (χ0) is 22.6. The first kappa shape index (κ1) is 22.1. The van der Waals surface area contributed by atoms with Gasteiger partial charge in [-0.3, -0.25) is 14.2 Å². The average molecular weight is 496 g/mol. The third kappa shape index (κ3) is 3.80. The van der Waals surface area contributed by atoms with Gasteiger partial charge in [-0.2, -0.15) is 4.31 Å². The average Bonchev–Trinajstić information content (AvgIpc) is 3.45. The maximum Gasteiger partial charge on any atom is 0.257 e. The highest BCUT2D eigenvalue weighted by Gasteiger charge is 2.33. The van der Waals surface area contributed by atoms with Crippen LogP contribution in [0.25, 0.3) is 0 Å². The molecule has 0 saturated heterocycles. The number of aryl methyl sites for hydroxylation is 1. The number of fused-ring (bicyclic) bond motifs is 3. The molecule has 32 heavy (non-hydrogen) atoms. The van der Waals surface area contributed by atoms with Crippen molar-refractivity contribution in [1.82, 2.24) is 18.8 Å². The molecule has 2 aromatic rings. The first-order chi connectivity index (χ1) is 15.2. The summed E-state index contributed by atoms with van der Waals surface area (Å²) >= 11 is 2.85. The molecule has 0 spiro atoms. The SMILES string of the molecule is CC(C)S(=O)(=O)N1CCc2nc(NC(=O)CC3CSc4nc5c(c(=O)n43)CCC5)sc2C1. The van der Waals surface area contributed by atoms with Crippen LogP contribution in [0.2, 0.25) is 0 Å². The molecule has 0 bridgehead atoms. The van der Waals surface area contributed by atoms with E-state index in [-0.39, 0.29) is 23.9 Å². The predicted octanol–water partition coefficient (Wildman–Crippen LogP) is 1.96. The van der Waals surface area contributed by atoms with E-state index in [1.165, 1.54) is 27.4 Å². The fraction of sp³-hybridized carbons (Fsp3) is 0.600. The Hall–Kier alpha value is -1.76. The van der Waals surface area contributed by atoms with Gasteiger partial charge in [0, 0.05) is 42.1 Å². The Bertz CT molecular complexity index is 1250.